The lowest BCUT2D eigenvalue weighted by Gasteiger charge is -2.07. The molecule has 0 aliphatic rings. The molecule has 0 aliphatic heterocycles. The number of rotatable bonds is 7. The fourth-order valence-electron chi connectivity index (χ4n) is 1.06. The van der Waals surface area contributed by atoms with Crippen molar-refractivity contribution >= 4 is 27.5 Å². The quantitative estimate of drug-likeness (QED) is 0.659. The van der Waals surface area contributed by atoms with E-state index in [1.165, 1.54) is 12.3 Å². The Morgan fingerprint density at radius 2 is 2.28 bits per heavy atom. The van der Waals surface area contributed by atoms with Crippen molar-refractivity contribution in [3.05, 3.63) is 23.5 Å². The van der Waals surface area contributed by atoms with Gasteiger partial charge in [-0.05, 0) is 6.07 Å². The van der Waals surface area contributed by atoms with Crippen LogP contribution in [0.1, 0.15) is 0 Å². The van der Waals surface area contributed by atoms with Crippen LogP contribution in [0.25, 0.3) is 0 Å². The number of ether oxygens (including phenoxy) is 1. The Bertz CT molecular complexity index is 520. The predicted molar refractivity (Wildman–Crippen MR) is 64.4 cm³/mol. The molecule has 1 aromatic rings. The van der Waals surface area contributed by atoms with E-state index >= 15 is 0 Å². The van der Waals surface area contributed by atoms with Crippen LogP contribution in [0, 0.1) is 0 Å². The first-order chi connectivity index (χ1) is 8.43. The maximum absolute atomic E-state index is 11.8. The summed E-state index contributed by atoms with van der Waals surface area (Å²) in [6.07, 6.45) is 2.53. The Morgan fingerprint density at radius 3 is 2.89 bits per heavy atom. The van der Waals surface area contributed by atoms with E-state index in [1.807, 2.05) is 0 Å². The highest BCUT2D eigenvalue weighted by Crippen LogP contribution is 2.18. The molecule has 1 rings (SSSR count). The number of amides is 1. The van der Waals surface area contributed by atoms with Crippen LogP contribution in [-0.4, -0.2) is 39.1 Å². The number of nitrogens with one attached hydrogen (secondary N) is 1. The van der Waals surface area contributed by atoms with Crippen LogP contribution < -0.4 is 10.5 Å². The maximum atomic E-state index is 11.8. The molecule has 9 heteroatoms. The molecule has 0 unspecified atom stereocenters. The second-order valence-corrected chi connectivity index (χ2v) is 5.37. The smallest absolute Gasteiger partial charge is 0.243 e. The standard InChI is InChI=1S/C9H12ClN3O4S/c10-7-1-2-12-5-8(7)18(15,16)13-3-4-17-6-9(11)14/h1-2,5,13H,3-4,6H2,(H2,11,14). The van der Waals surface area contributed by atoms with E-state index in [2.05, 4.69) is 9.71 Å². The molecule has 0 aromatic carbocycles. The average molecular weight is 294 g/mol. The molecule has 0 spiro atoms. The van der Waals surface area contributed by atoms with Crippen LogP contribution in [0.2, 0.25) is 5.02 Å². The second kappa shape index (κ2) is 6.64. The van der Waals surface area contributed by atoms with Crippen LogP contribution in [0.15, 0.2) is 23.4 Å². The molecule has 1 heterocycles. The zero-order chi connectivity index (χ0) is 13.6. The van der Waals surface area contributed by atoms with Gasteiger partial charge in [-0.15, -0.1) is 0 Å². The van der Waals surface area contributed by atoms with Gasteiger partial charge in [-0.25, -0.2) is 13.1 Å². The number of sulfonamides is 1. The first kappa shape index (κ1) is 14.8. The van der Waals surface area contributed by atoms with Gasteiger partial charge in [0.1, 0.15) is 11.5 Å². The minimum atomic E-state index is -3.73. The monoisotopic (exact) mass is 293 g/mol. The van der Waals surface area contributed by atoms with Gasteiger partial charge in [0.2, 0.25) is 15.9 Å². The molecular formula is C9H12ClN3O4S. The Hall–Kier alpha value is -1.22. The molecule has 0 saturated heterocycles. The molecule has 18 heavy (non-hydrogen) atoms. The van der Waals surface area contributed by atoms with Gasteiger partial charge >= 0.3 is 0 Å². The summed E-state index contributed by atoms with van der Waals surface area (Å²) < 4.78 is 30.6. The normalized spacial score (nSPS) is 11.4. The highest BCUT2D eigenvalue weighted by Gasteiger charge is 2.17. The molecule has 1 amide bonds. The van der Waals surface area contributed by atoms with Crippen LogP contribution in [-0.2, 0) is 19.6 Å². The summed E-state index contributed by atoms with van der Waals surface area (Å²) in [5, 5.41) is 0.0792. The minimum absolute atomic E-state index is 0.000830. The molecular weight excluding hydrogens is 282 g/mol. The molecule has 0 fully saturated rings. The molecule has 3 N–H and O–H groups in total. The summed E-state index contributed by atoms with van der Waals surface area (Å²) in [7, 11) is -3.73. The number of nitrogens with two attached hydrogens (primary N) is 1. The summed E-state index contributed by atoms with van der Waals surface area (Å²) in [6.45, 7) is -0.226. The Kier molecular flexibility index (Phi) is 5.48. The fraction of sp³-hybridized carbons (Fsp3) is 0.333. The zero-order valence-electron chi connectivity index (χ0n) is 9.30. The molecule has 0 saturated carbocycles. The maximum Gasteiger partial charge on any atom is 0.243 e. The number of pyridine rings is 1. The highest BCUT2D eigenvalue weighted by atomic mass is 35.5. The largest absolute Gasteiger partial charge is 0.370 e. The van der Waals surface area contributed by atoms with Crippen molar-refractivity contribution in [2.45, 2.75) is 4.90 Å². The molecule has 0 radical (unpaired) electrons. The van der Waals surface area contributed by atoms with E-state index < -0.39 is 15.9 Å². The molecule has 100 valence electrons. The van der Waals surface area contributed by atoms with Gasteiger partial charge in [0.15, 0.2) is 0 Å². The van der Waals surface area contributed by atoms with E-state index in [0.29, 0.717) is 0 Å². The van der Waals surface area contributed by atoms with Gasteiger partial charge in [-0.2, -0.15) is 0 Å². The second-order valence-electron chi connectivity index (χ2n) is 3.22. The summed E-state index contributed by atoms with van der Waals surface area (Å²) in [5.74, 6) is -0.617. The van der Waals surface area contributed by atoms with Crippen LogP contribution in [0.4, 0.5) is 0 Å². The van der Waals surface area contributed by atoms with E-state index in [4.69, 9.17) is 22.1 Å². The third-order valence-electron chi connectivity index (χ3n) is 1.81. The van der Waals surface area contributed by atoms with Crippen molar-refractivity contribution in [2.75, 3.05) is 19.8 Å². The summed E-state index contributed by atoms with van der Waals surface area (Å²) in [4.78, 5) is 13.9. The summed E-state index contributed by atoms with van der Waals surface area (Å²) >= 11 is 5.74. The van der Waals surface area contributed by atoms with Crippen LogP contribution in [0.5, 0.6) is 0 Å². The van der Waals surface area contributed by atoms with Crippen molar-refractivity contribution in [3.8, 4) is 0 Å². The topological polar surface area (TPSA) is 111 Å². The molecule has 0 atom stereocenters. The molecule has 1 aromatic heterocycles. The van der Waals surface area contributed by atoms with Crippen molar-refractivity contribution < 1.29 is 17.9 Å². The Morgan fingerprint density at radius 1 is 1.56 bits per heavy atom. The first-order valence-corrected chi connectivity index (χ1v) is 6.75. The number of carbonyl (C=O) groups excluding carboxylic acids is 1. The molecule has 0 aliphatic carbocycles. The molecule has 0 bridgehead atoms. The number of carbonyl (C=O) groups is 1. The Balaban J connectivity index is 2.51. The lowest BCUT2D eigenvalue weighted by atomic mass is 10.5. The summed E-state index contributed by atoms with van der Waals surface area (Å²) in [5.41, 5.74) is 4.84. The zero-order valence-corrected chi connectivity index (χ0v) is 10.9. The van der Waals surface area contributed by atoms with Gasteiger partial charge in [0.05, 0.1) is 11.6 Å². The first-order valence-electron chi connectivity index (χ1n) is 4.88. The Labute approximate surface area is 109 Å². The van der Waals surface area contributed by atoms with Gasteiger partial charge in [0.25, 0.3) is 0 Å². The third-order valence-corrected chi connectivity index (χ3v) is 3.74. The number of hydrogen-bond donors (Lipinski definition) is 2. The number of aromatic nitrogens is 1. The van der Waals surface area contributed by atoms with Crippen molar-refractivity contribution in [1.29, 1.82) is 0 Å². The van der Waals surface area contributed by atoms with Crippen LogP contribution in [0.3, 0.4) is 0 Å². The number of primary amides is 1. The number of halogens is 1. The van der Waals surface area contributed by atoms with E-state index in [1.54, 1.807) is 0 Å². The molecule has 7 nitrogen and oxygen atoms in total. The fourth-order valence-corrected chi connectivity index (χ4v) is 2.50. The van der Waals surface area contributed by atoms with E-state index in [0.717, 1.165) is 6.20 Å². The van der Waals surface area contributed by atoms with E-state index in [9.17, 15) is 13.2 Å². The lowest BCUT2D eigenvalue weighted by Crippen LogP contribution is -2.29. The lowest BCUT2D eigenvalue weighted by molar-refractivity contribution is -0.122. The van der Waals surface area contributed by atoms with Crippen molar-refractivity contribution in [2.24, 2.45) is 5.73 Å². The predicted octanol–water partition coefficient (Wildman–Crippen LogP) is -0.485. The SMILES string of the molecule is NC(=O)COCCNS(=O)(=O)c1cnccc1Cl. The van der Waals surface area contributed by atoms with Gasteiger partial charge in [0, 0.05) is 18.9 Å². The van der Waals surface area contributed by atoms with Gasteiger partial charge in [-0.3, -0.25) is 9.78 Å². The highest BCUT2D eigenvalue weighted by molar-refractivity contribution is 7.89. The van der Waals surface area contributed by atoms with Crippen LogP contribution >= 0.6 is 11.6 Å². The van der Waals surface area contributed by atoms with Gasteiger partial charge < -0.3 is 10.5 Å². The van der Waals surface area contributed by atoms with Crippen molar-refractivity contribution in [1.82, 2.24) is 9.71 Å². The third kappa shape index (κ3) is 4.57. The minimum Gasteiger partial charge on any atom is -0.370 e. The number of nitrogens with zero attached hydrogens (tertiary/aromatic N) is 1. The van der Waals surface area contributed by atoms with E-state index in [-0.39, 0.29) is 29.7 Å². The average Bonchev–Trinajstić information content (AvgIpc) is 2.28. The number of hydrogen-bond acceptors (Lipinski definition) is 5. The van der Waals surface area contributed by atoms with Crippen molar-refractivity contribution in [3.63, 3.8) is 0 Å². The van der Waals surface area contributed by atoms with Gasteiger partial charge in [-0.1, -0.05) is 11.6 Å². The summed E-state index contributed by atoms with van der Waals surface area (Å²) in [6, 6.07) is 1.37.